The van der Waals surface area contributed by atoms with Crippen molar-refractivity contribution in [2.45, 2.75) is 38.6 Å². The van der Waals surface area contributed by atoms with Crippen LogP contribution >= 0.6 is 0 Å². The van der Waals surface area contributed by atoms with E-state index in [1.165, 1.54) is 16.0 Å². The molecule has 2 aliphatic heterocycles. The molecule has 2 heterocycles. The SMILES string of the molecule is CCCCc1ccc(N2C(=O)C[C@H](N3CCN(C/C=C/c4ccccc4)CC3)C2=O)cc1. The van der Waals surface area contributed by atoms with E-state index < -0.39 is 0 Å². The summed E-state index contributed by atoms with van der Waals surface area (Å²) < 4.78 is 0. The Labute approximate surface area is 191 Å². The first-order chi connectivity index (χ1) is 15.7. The van der Waals surface area contributed by atoms with Crippen molar-refractivity contribution < 1.29 is 9.59 Å². The Balaban J connectivity index is 1.30. The number of imide groups is 1. The molecule has 4 rings (SSSR count). The lowest BCUT2D eigenvalue weighted by atomic mass is 10.1. The smallest absolute Gasteiger partial charge is 0.251 e. The molecular formula is C27H33N3O2. The van der Waals surface area contributed by atoms with Gasteiger partial charge in [0.1, 0.15) is 0 Å². The maximum absolute atomic E-state index is 13.1. The van der Waals surface area contributed by atoms with Gasteiger partial charge in [-0.15, -0.1) is 0 Å². The van der Waals surface area contributed by atoms with Crippen LogP contribution in [-0.2, 0) is 16.0 Å². The van der Waals surface area contributed by atoms with Gasteiger partial charge >= 0.3 is 0 Å². The lowest BCUT2D eigenvalue weighted by Crippen LogP contribution is -2.52. The normalized spacial score (nSPS) is 20.5. The lowest BCUT2D eigenvalue weighted by Gasteiger charge is -2.36. The zero-order chi connectivity index (χ0) is 22.3. The van der Waals surface area contributed by atoms with Gasteiger partial charge in [-0.3, -0.25) is 19.4 Å². The van der Waals surface area contributed by atoms with Crippen molar-refractivity contribution in [2.75, 3.05) is 37.6 Å². The highest BCUT2D eigenvalue weighted by molar-refractivity contribution is 6.22. The first-order valence-corrected chi connectivity index (χ1v) is 11.8. The van der Waals surface area contributed by atoms with Gasteiger partial charge in [-0.1, -0.05) is 68.0 Å². The van der Waals surface area contributed by atoms with E-state index in [0.29, 0.717) is 5.69 Å². The number of carbonyl (C=O) groups is 2. The molecule has 2 fully saturated rings. The Hall–Kier alpha value is -2.76. The second-order valence-corrected chi connectivity index (χ2v) is 8.71. The summed E-state index contributed by atoms with van der Waals surface area (Å²) in [6.45, 7) is 6.51. The third-order valence-corrected chi connectivity index (χ3v) is 6.46. The van der Waals surface area contributed by atoms with E-state index in [2.05, 4.69) is 41.0 Å². The third kappa shape index (κ3) is 5.34. The molecule has 0 saturated carbocycles. The first kappa shape index (κ1) is 22.4. The molecule has 0 aliphatic carbocycles. The van der Waals surface area contributed by atoms with E-state index in [1.54, 1.807) is 0 Å². The first-order valence-electron chi connectivity index (χ1n) is 11.8. The van der Waals surface area contributed by atoms with Gasteiger partial charge in [0.05, 0.1) is 18.2 Å². The molecule has 1 atom stereocenters. The number of hydrogen-bond donors (Lipinski definition) is 0. The molecule has 0 N–H and O–H groups in total. The molecule has 2 aliphatic rings. The van der Waals surface area contributed by atoms with Crippen molar-refractivity contribution in [1.82, 2.24) is 9.80 Å². The van der Waals surface area contributed by atoms with Gasteiger partial charge in [-0.25, -0.2) is 4.90 Å². The summed E-state index contributed by atoms with van der Waals surface area (Å²) in [7, 11) is 0. The van der Waals surface area contributed by atoms with Crippen LogP contribution < -0.4 is 4.90 Å². The fraction of sp³-hybridized carbons (Fsp3) is 0.407. The van der Waals surface area contributed by atoms with Gasteiger partial charge < -0.3 is 0 Å². The van der Waals surface area contributed by atoms with Gasteiger partial charge in [0, 0.05) is 32.7 Å². The van der Waals surface area contributed by atoms with Gasteiger partial charge in [0.2, 0.25) is 5.91 Å². The van der Waals surface area contributed by atoms with E-state index in [0.717, 1.165) is 52.0 Å². The number of rotatable bonds is 8. The highest BCUT2D eigenvalue weighted by atomic mass is 16.2. The van der Waals surface area contributed by atoms with E-state index in [9.17, 15) is 9.59 Å². The molecule has 0 unspecified atom stereocenters. The van der Waals surface area contributed by atoms with Crippen LogP contribution in [0.25, 0.3) is 6.08 Å². The fourth-order valence-electron chi connectivity index (χ4n) is 4.52. The average molecular weight is 432 g/mol. The summed E-state index contributed by atoms with van der Waals surface area (Å²) >= 11 is 0. The highest BCUT2D eigenvalue weighted by Gasteiger charge is 2.43. The van der Waals surface area contributed by atoms with Crippen molar-refractivity contribution in [1.29, 1.82) is 0 Å². The summed E-state index contributed by atoms with van der Waals surface area (Å²) in [6.07, 6.45) is 7.97. The van der Waals surface area contributed by atoms with Gasteiger partial charge in [0.25, 0.3) is 5.91 Å². The number of carbonyl (C=O) groups excluding carboxylic acids is 2. The molecule has 0 aromatic heterocycles. The minimum absolute atomic E-state index is 0.0752. The number of piperazine rings is 1. The minimum atomic E-state index is -0.329. The molecule has 2 saturated heterocycles. The molecule has 5 heteroatoms. The monoisotopic (exact) mass is 431 g/mol. The number of nitrogens with zero attached hydrogens (tertiary/aromatic N) is 3. The van der Waals surface area contributed by atoms with Crippen LogP contribution in [0.2, 0.25) is 0 Å². The molecule has 168 valence electrons. The molecule has 2 aromatic rings. The molecule has 0 spiro atoms. The predicted molar refractivity (Wildman–Crippen MR) is 129 cm³/mol. The van der Waals surface area contributed by atoms with Gasteiger partial charge in [-0.05, 0) is 36.1 Å². The number of aryl methyl sites for hydroxylation is 1. The van der Waals surface area contributed by atoms with Crippen molar-refractivity contribution in [2.24, 2.45) is 0 Å². The molecular weight excluding hydrogens is 398 g/mol. The summed E-state index contributed by atoms with van der Waals surface area (Å²) in [5.41, 5.74) is 3.16. The second-order valence-electron chi connectivity index (χ2n) is 8.71. The molecule has 0 bridgehead atoms. The zero-order valence-corrected chi connectivity index (χ0v) is 19.0. The molecule has 2 aromatic carbocycles. The van der Waals surface area contributed by atoms with E-state index in [-0.39, 0.29) is 24.3 Å². The van der Waals surface area contributed by atoms with Crippen LogP contribution in [0.15, 0.2) is 60.7 Å². The average Bonchev–Trinajstić information content (AvgIpc) is 3.13. The summed E-state index contributed by atoms with van der Waals surface area (Å²) in [4.78, 5) is 31.8. The Morgan fingerprint density at radius 3 is 2.34 bits per heavy atom. The van der Waals surface area contributed by atoms with Crippen LogP contribution in [0, 0.1) is 0 Å². The maximum Gasteiger partial charge on any atom is 0.251 e. The molecule has 5 nitrogen and oxygen atoms in total. The number of benzene rings is 2. The third-order valence-electron chi connectivity index (χ3n) is 6.46. The molecule has 32 heavy (non-hydrogen) atoms. The topological polar surface area (TPSA) is 43.9 Å². The number of anilines is 1. The Morgan fingerprint density at radius 2 is 1.66 bits per heavy atom. The van der Waals surface area contributed by atoms with Crippen molar-refractivity contribution in [3.8, 4) is 0 Å². The van der Waals surface area contributed by atoms with Crippen molar-refractivity contribution in [3.63, 3.8) is 0 Å². The van der Waals surface area contributed by atoms with Crippen molar-refractivity contribution >= 4 is 23.6 Å². The van der Waals surface area contributed by atoms with E-state index >= 15 is 0 Å². The quantitative estimate of drug-likeness (QED) is 0.593. The second kappa shape index (κ2) is 10.7. The van der Waals surface area contributed by atoms with Crippen molar-refractivity contribution in [3.05, 3.63) is 71.8 Å². The number of hydrogen-bond acceptors (Lipinski definition) is 4. The summed E-state index contributed by atoms with van der Waals surface area (Å²) in [6, 6.07) is 17.9. The molecule has 0 radical (unpaired) electrons. The standard InChI is InChI=1S/C27H33N3O2/c1-2-3-8-23-12-14-24(15-13-23)30-26(31)21-25(27(30)32)29-19-17-28(18-20-29)16-7-11-22-9-5-4-6-10-22/h4-7,9-15,25H,2-3,8,16-21H2,1H3/b11-7+/t25-/m0/s1. The van der Waals surface area contributed by atoms with Crippen LogP contribution in [0.5, 0.6) is 0 Å². The predicted octanol–water partition coefficient (Wildman–Crippen LogP) is 3.99. The Morgan fingerprint density at radius 1 is 0.938 bits per heavy atom. The minimum Gasteiger partial charge on any atom is -0.297 e. The highest BCUT2D eigenvalue weighted by Crippen LogP contribution is 2.27. The van der Waals surface area contributed by atoms with Crippen LogP contribution in [0.3, 0.4) is 0 Å². The maximum atomic E-state index is 13.1. The molecule has 2 amide bonds. The zero-order valence-electron chi connectivity index (χ0n) is 19.0. The fourth-order valence-corrected chi connectivity index (χ4v) is 4.52. The van der Waals surface area contributed by atoms with Gasteiger partial charge in [0.15, 0.2) is 0 Å². The largest absolute Gasteiger partial charge is 0.297 e. The van der Waals surface area contributed by atoms with Crippen LogP contribution in [0.4, 0.5) is 5.69 Å². The lowest BCUT2D eigenvalue weighted by molar-refractivity contribution is -0.123. The summed E-state index contributed by atoms with van der Waals surface area (Å²) in [5.74, 6) is -0.164. The Kier molecular flexibility index (Phi) is 7.51. The van der Waals surface area contributed by atoms with Crippen LogP contribution in [-0.4, -0.2) is 60.4 Å². The Bertz CT molecular complexity index is 931. The number of amides is 2. The van der Waals surface area contributed by atoms with Gasteiger partial charge in [-0.2, -0.15) is 0 Å². The van der Waals surface area contributed by atoms with E-state index in [1.807, 2.05) is 42.5 Å². The summed E-state index contributed by atoms with van der Waals surface area (Å²) in [5, 5.41) is 0. The number of unbranched alkanes of at least 4 members (excludes halogenated alkanes) is 1. The van der Waals surface area contributed by atoms with Crippen LogP contribution in [0.1, 0.15) is 37.3 Å². The van der Waals surface area contributed by atoms with E-state index in [4.69, 9.17) is 0 Å².